The Morgan fingerprint density at radius 2 is 1.88 bits per heavy atom. The van der Waals surface area contributed by atoms with Gasteiger partial charge in [0, 0.05) is 0 Å². The van der Waals surface area contributed by atoms with Crippen molar-refractivity contribution < 1.29 is 4.74 Å². The molecule has 0 aliphatic rings. The number of nitrogens with one attached hydrogen (secondary N) is 2. The number of H-pyrrole nitrogens is 2. The predicted octanol–water partition coefficient (Wildman–Crippen LogP) is 2.78. The molecule has 6 heteroatoms. The molecule has 0 saturated carbocycles. The van der Waals surface area contributed by atoms with Crippen LogP contribution in [0.15, 0.2) is 30.3 Å². The van der Waals surface area contributed by atoms with E-state index in [1.807, 2.05) is 30.3 Å². The Bertz CT molecular complexity index is 548. The zero-order chi connectivity index (χ0) is 11.4. The average Bonchev–Trinajstić information content (AvgIpc) is 2.27. The largest absolute Gasteiger partial charge is 0.460 e. The Morgan fingerprint density at radius 3 is 2.56 bits per heavy atom. The fourth-order valence-corrected chi connectivity index (χ4v) is 1.60. The molecule has 0 amide bonds. The van der Waals surface area contributed by atoms with Crippen LogP contribution in [0.1, 0.15) is 5.56 Å². The Morgan fingerprint density at radius 1 is 1.12 bits per heavy atom. The number of nitrogens with zero attached hydrogens (tertiary/aromatic N) is 1. The van der Waals surface area contributed by atoms with Gasteiger partial charge in [0.2, 0.25) is 4.77 Å². The predicted molar refractivity (Wildman–Crippen MR) is 65.4 cm³/mol. The van der Waals surface area contributed by atoms with E-state index in [-0.39, 0.29) is 0 Å². The molecule has 0 fully saturated rings. The van der Waals surface area contributed by atoms with E-state index in [2.05, 4.69) is 15.0 Å². The number of benzene rings is 1. The van der Waals surface area contributed by atoms with Gasteiger partial charge in [-0.1, -0.05) is 30.3 Å². The summed E-state index contributed by atoms with van der Waals surface area (Å²) in [6.45, 7) is 0.428. The van der Waals surface area contributed by atoms with Gasteiger partial charge in [0.25, 0.3) is 6.01 Å². The van der Waals surface area contributed by atoms with Crippen molar-refractivity contribution in [1.29, 1.82) is 0 Å². The number of hydrogen-bond acceptors (Lipinski definition) is 4. The van der Waals surface area contributed by atoms with Crippen LogP contribution in [0.25, 0.3) is 0 Å². The second kappa shape index (κ2) is 5.00. The third-order valence-corrected chi connectivity index (χ3v) is 2.26. The van der Waals surface area contributed by atoms with E-state index in [9.17, 15) is 0 Å². The highest BCUT2D eigenvalue weighted by Gasteiger charge is 1.97. The van der Waals surface area contributed by atoms with Crippen molar-refractivity contribution in [2.75, 3.05) is 0 Å². The van der Waals surface area contributed by atoms with Crippen molar-refractivity contribution in [3.8, 4) is 6.01 Å². The Kier molecular flexibility index (Phi) is 3.43. The van der Waals surface area contributed by atoms with Crippen LogP contribution < -0.4 is 4.74 Å². The molecule has 1 heterocycles. The highest BCUT2D eigenvalue weighted by atomic mass is 32.1. The van der Waals surface area contributed by atoms with E-state index in [0.29, 0.717) is 22.2 Å². The first-order chi connectivity index (χ1) is 7.74. The van der Waals surface area contributed by atoms with Crippen molar-refractivity contribution in [2.45, 2.75) is 6.61 Å². The SMILES string of the molecule is S=c1nc(OCc2ccccc2)[nH]c(=S)[nH]1. The van der Waals surface area contributed by atoms with Gasteiger partial charge in [0.1, 0.15) is 6.61 Å². The first-order valence-corrected chi connectivity index (χ1v) is 5.43. The van der Waals surface area contributed by atoms with E-state index < -0.39 is 0 Å². The van der Waals surface area contributed by atoms with Crippen LogP contribution in [-0.4, -0.2) is 15.0 Å². The van der Waals surface area contributed by atoms with Crippen LogP contribution in [0.5, 0.6) is 6.01 Å². The van der Waals surface area contributed by atoms with Gasteiger partial charge in [-0.15, -0.1) is 0 Å². The summed E-state index contributed by atoms with van der Waals surface area (Å²) >= 11 is 9.80. The minimum absolute atomic E-state index is 0.312. The van der Waals surface area contributed by atoms with Crippen molar-refractivity contribution in [2.24, 2.45) is 0 Å². The van der Waals surface area contributed by atoms with Crippen LogP contribution in [0.2, 0.25) is 0 Å². The summed E-state index contributed by atoms with van der Waals surface area (Å²) in [5, 5.41) is 0. The quantitative estimate of drug-likeness (QED) is 0.824. The van der Waals surface area contributed by atoms with Gasteiger partial charge in [0.15, 0.2) is 4.77 Å². The van der Waals surface area contributed by atoms with Gasteiger partial charge in [0.05, 0.1) is 0 Å². The lowest BCUT2D eigenvalue weighted by molar-refractivity contribution is 0.278. The molecule has 1 aromatic carbocycles. The minimum Gasteiger partial charge on any atom is -0.460 e. The van der Waals surface area contributed by atoms with Gasteiger partial charge in [-0.25, -0.2) is 0 Å². The van der Waals surface area contributed by atoms with E-state index in [0.717, 1.165) is 5.56 Å². The number of rotatable bonds is 3. The zero-order valence-electron chi connectivity index (χ0n) is 8.27. The molecule has 2 aromatic rings. The Hall–Kier alpha value is -1.53. The van der Waals surface area contributed by atoms with Crippen LogP contribution in [0.3, 0.4) is 0 Å². The minimum atomic E-state index is 0.312. The number of aromatic nitrogens is 3. The molecule has 0 spiro atoms. The third kappa shape index (κ3) is 2.98. The maximum Gasteiger partial charge on any atom is 0.298 e. The number of hydrogen-bond donors (Lipinski definition) is 2. The molecule has 0 atom stereocenters. The number of aromatic amines is 2. The smallest absolute Gasteiger partial charge is 0.298 e. The van der Waals surface area contributed by atoms with E-state index in [4.69, 9.17) is 29.2 Å². The summed E-state index contributed by atoms with van der Waals surface area (Å²) in [5.74, 6) is 0. The first-order valence-electron chi connectivity index (χ1n) is 4.61. The molecule has 0 unspecified atom stereocenters. The van der Waals surface area contributed by atoms with E-state index >= 15 is 0 Å². The Balaban J connectivity index is 2.11. The molecule has 0 radical (unpaired) electrons. The average molecular weight is 251 g/mol. The fraction of sp³-hybridized carbons (Fsp3) is 0.100. The summed E-state index contributed by atoms with van der Waals surface area (Å²) in [5.41, 5.74) is 1.06. The lowest BCUT2D eigenvalue weighted by Gasteiger charge is -2.04. The number of ether oxygens (including phenoxy) is 1. The van der Waals surface area contributed by atoms with Crippen LogP contribution in [0.4, 0.5) is 0 Å². The molecular weight excluding hydrogens is 242 g/mol. The summed E-state index contributed by atoms with van der Waals surface area (Å²) in [4.78, 5) is 9.43. The summed E-state index contributed by atoms with van der Waals surface area (Å²) in [6.07, 6.45) is 0. The first kappa shape index (κ1) is 11.0. The van der Waals surface area contributed by atoms with Crippen molar-refractivity contribution in [1.82, 2.24) is 15.0 Å². The lowest BCUT2D eigenvalue weighted by Crippen LogP contribution is -2.00. The summed E-state index contributed by atoms with van der Waals surface area (Å²) < 4.78 is 6.15. The van der Waals surface area contributed by atoms with Gasteiger partial charge in [-0.3, -0.25) is 4.98 Å². The van der Waals surface area contributed by atoms with Crippen LogP contribution in [0, 0.1) is 9.54 Å². The molecule has 1 aromatic heterocycles. The normalized spacial score (nSPS) is 10.0. The van der Waals surface area contributed by atoms with Crippen molar-refractivity contribution in [3.05, 3.63) is 45.4 Å². The molecule has 0 aliphatic carbocycles. The monoisotopic (exact) mass is 251 g/mol. The van der Waals surface area contributed by atoms with Gasteiger partial charge >= 0.3 is 0 Å². The molecule has 82 valence electrons. The molecule has 0 bridgehead atoms. The second-order valence-electron chi connectivity index (χ2n) is 3.08. The second-order valence-corrected chi connectivity index (χ2v) is 3.87. The summed E-state index contributed by atoms with van der Waals surface area (Å²) in [7, 11) is 0. The maximum absolute atomic E-state index is 5.43. The molecular formula is C10H9N3OS2. The van der Waals surface area contributed by atoms with Crippen molar-refractivity contribution in [3.63, 3.8) is 0 Å². The van der Waals surface area contributed by atoms with Gasteiger partial charge in [-0.2, -0.15) is 4.98 Å². The molecule has 0 saturated heterocycles. The molecule has 4 nitrogen and oxygen atoms in total. The van der Waals surface area contributed by atoms with Crippen molar-refractivity contribution >= 4 is 24.4 Å². The van der Waals surface area contributed by atoms with Crippen LogP contribution in [-0.2, 0) is 6.61 Å². The molecule has 16 heavy (non-hydrogen) atoms. The van der Waals surface area contributed by atoms with E-state index in [1.54, 1.807) is 0 Å². The lowest BCUT2D eigenvalue weighted by atomic mass is 10.2. The maximum atomic E-state index is 5.43. The fourth-order valence-electron chi connectivity index (χ4n) is 1.17. The van der Waals surface area contributed by atoms with Crippen LogP contribution >= 0.6 is 24.4 Å². The highest BCUT2D eigenvalue weighted by molar-refractivity contribution is 7.71. The zero-order valence-corrected chi connectivity index (χ0v) is 9.90. The van der Waals surface area contributed by atoms with Gasteiger partial charge < -0.3 is 9.72 Å². The third-order valence-electron chi connectivity index (χ3n) is 1.86. The topological polar surface area (TPSA) is 53.7 Å². The van der Waals surface area contributed by atoms with Gasteiger partial charge in [-0.05, 0) is 30.0 Å². The standard InChI is InChI=1S/C10H9N3OS2/c15-9-11-8(12-10(16)13-9)14-6-7-4-2-1-3-5-7/h1-5H,6H2,(H2,11,12,13,15,16). The highest BCUT2D eigenvalue weighted by Crippen LogP contribution is 2.05. The molecule has 2 N–H and O–H groups in total. The van der Waals surface area contributed by atoms with E-state index in [1.165, 1.54) is 0 Å². The molecule has 0 aliphatic heterocycles. The molecule has 2 rings (SSSR count). The Labute approximate surface area is 102 Å². The summed E-state index contributed by atoms with van der Waals surface area (Å²) in [6, 6.07) is 10.1.